The van der Waals surface area contributed by atoms with Crippen LogP contribution in [0.2, 0.25) is 0 Å². The van der Waals surface area contributed by atoms with Crippen molar-refractivity contribution in [3.63, 3.8) is 0 Å². The molecule has 0 unspecified atom stereocenters. The normalized spacial score (nSPS) is 12.0. The van der Waals surface area contributed by atoms with Gasteiger partial charge >= 0.3 is 0 Å². The van der Waals surface area contributed by atoms with Gasteiger partial charge in [-0.1, -0.05) is 12.1 Å². The summed E-state index contributed by atoms with van der Waals surface area (Å²) in [6.45, 7) is 0.235. The minimum Gasteiger partial charge on any atom is -0.489 e. The van der Waals surface area contributed by atoms with E-state index in [1.165, 1.54) is 6.07 Å². The molecule has 0 aliphatic carbocycles. The smallest absolute Gasteiger partial charge is 0.231 e. The number of hydrogen-bond donors (Lipinski definition) is 0. The molecule has 2 aromatic carbocycles. The maximum atomic E-state index is 13.8. The number of rotatable bonds is 3. The molecule has 0 spiro atoms. The van der Waals surface area contributed by atoms with Gasteiger partial charge in [0.1, 0.15) is 24.2 Å². The molecule has 0 bridgehead atoms. The molecule has 0 atom stereocenters. The molecule has 0 fully saturated rings. The fourth-order valence-corrected chi connectivity index (χ4v) is 1.91. The number of hydrogen-bond acceptors (Lipinski definition) is 4. The monoisotopic (exact) mass is 271 g/mol. The number of halogens is 1. The number of nitriles is 1. The highest BCUT2D eigenvalue weighted by molar-refractivity contribution is 5.47. The fraction of sp³-hybridized carbons (Fsp3) is 0.133. The van der Waals surface area contributed by atoms with E-state index in [0.717, 1.165) is 0 Å². The molecular weight excluding hydrogens is 261 g/mol. The van der Waals surface area contributed by atoms with Crippen LogP contribution in [-0.2, 0) is 6.61 Å². The molecule has 0 radical (unpaired) electrons. The molecule has 0 saturated heterocycles. The van der Waals surface area contributed by atoms with Gasteiger partial charge in [-0.3, -0.25) is 0 Å². The van der Waals surface area contributed by atoms with Crippen molar-refractivity contribution < 1.29 is 18.6 Å². The summed E-state index contributed by atoms with van der Waals surface area (Å²) in [5.41, 5.74) is 0.346. The average Bonchev–Trinajstić information content (AvgIpc) is 2.93. The first-order chi connectivity index (χ1) is 9.78. The zero-order valence-corrected chi connectivity index (χ0v) is 10.4. The van der Waals surface area contributed by atoms with Gasteiger partial charge in [0, 0.05) is 11.6 Å². The molecule has 0 saturated carbocycles. The van der Waals surface area contributed by atoms with Gasteiger partial charge < -0.3 is 14.2 Å². The first-order valence-electron chi connectivity index (χ1n) is 5.98. The van der Waals surface area contributed by atoms with Gasteiger partial charge in [-0.15, -0.1) is 0 Å². The van der Waals surface area contributed by atoms with Crippen LogP contribution in [0.3, 0.4) is 0 Å². The van der Waals surface area contributed by atoms with Crippen molar-refractivity contribution in [3.05, 3.63) is 53.3 Å². The van der Waals surface area contributed by atoms with Gasteiger partial charge in [-0.2, -0.15) is 5.26 Å². The van der Waals surface area contributed by atoms with E-state index in [1.807, 2.05) is 0 Å². The van der Waals surface area contributed by atoms with Crippen LogP contribution in [0.15, 0.2) is 36.4 Å². The van der Waals surface area contributed by atoms with Gasteiger partial charge in [0.05, 0.1) is 5.56 Å². The van der Waals surface area contributed by atoms with Crippen molar-refractivity contribution in [2.45, 2.75) is 6.61 Å². The lowest BCUT2D eigenvalue weighted by atomic mass is 10.1. The highest BCUT2D eigenvalue weighted by Crippen LogP contribution is 2.35. The van der Waals surface area contributed by atoms with E-state index in [0.29, 0.717) is 22.8 Å². The molecule has 1 aliphatic heterocycles. The predicted octanol–water partition coefficient (Wildman–Crippen LogP) is 3.01. The fourth-order valence-electron chi connectivity index (χ4n) is 1.91. The van der Waals surface area contributed by atoms with Gasteiger partial charge in [0.2, 0.25) is 6.79 Å². The Labute approximate surface area is 114 Å². The second-order valence-corrected chi connectivity index (χ2v) is 4.19. The molecule has 1 heterocycles. The average molecular weight is 271 g/mol. The predicted molar refractivity (Wildman–Crippen MR) is 68.0 cm³/mol. The van der Waals surface area contributed by atoms with E-state index in [1.54, 1.807) is 36.4 Å². The summed E-state index contributed by atoms with van der Waals surface area (Å²) < 4.78 is 29.8. The van der Waals surface area contributed by atoms with Gasteiger partial charge in [-0.25, -0.2) is 4.39 Å². The molecule has 3 rings (SSSR count). The van der Waals surface area contributed by atoms with Crippen LogP contribution in [-0.4, -0.2) is 6.79 Å². The first kappa shape index (κ1) is 12.3. The summed E-state index contributed by atoms with van der Waals surface area (Å²) >= 11 is 0. The lowest BCUT2D eigenvalue weighted by Crippen LogP contribution is -2.00. The van der Waals surface area contributed by atoms with E-state index in [4.69, 9.17) is 19.5 Å². The third-order valence-electron chi connectivity index (χ3n) is 2.94. The minimum atomic E-state index is -0.546. The van der Waals surface area contributed by atoms with Crippen LogP contribution < -0.4 is 14.2 Å². The Kier molecular flexibility index (Phi) is 3.13. The van der Waals surface area contributed by atoms with Crippen LogP contribution in [0.5, 0.6) is 17.2 Å². The van der Waals surface area contributed by atoms with Crippen LogP contribution in [0.25, 0.3) is 0 Å². The number of fused-ring (bicyclic) bond motifs is 1. The van der Waals surface area contributed by atoms with E-state index >= 15 is 0 Å². The van der Waals surface area contributed by atoms with Crippen molar-refractivity contribution in [2.75, 3.05) is 6.79 Å². The Balaban J connectivity index is 1.76. The lowest BCUT2D eigenvalue weighted by molar-refractivity contribution is 0.173. The molecule has 20 heavy (non-hydrogen) atoms. The Morgan fingerprint density at radius 2 is 2.05 bits per heavy atom. The first-order valence-corrected chi connectivity index (χ1v) is 5.98. The maximum absolute atomic E-state index is 13.8. The third kappa shape index (κ3) is 2.24. The molecule has 0 N–H and O–H groups in total. The number of benzene rings is 2. The largest absolute Gasteiger partial charge is 0.489 e. The molecule has 2 aromatic rings. The van der Waals surface area contributed by atoms with Crippen molar-refractivity contribution in [1.29, 1.82) is 5.26 Å². The Hall–Kier alpha value is -2.74. The van der Waals surface area contributed by atoms with Crippen molar-refractivity contribution >= 4 is 0 Å². The molecule has 0 aromatic heterocycles. The summed E-state index contributed by atoms with van der Waals surface area (Å²) in [7, 11) is 0. The van der Waals surface area contributed by atoms with Gasteiger partial charge in [-0.05, 0) is 18.2 Å². The maximum Gasteiger partial charge on any atom is 0.231 e. The quantitative estimate of drug-likeness (QED) is 0.861. The highest BCUT2D eigenvalue weighted by atomic mass is 19.1. The van der Waals surface area contributed by atoms with Crippen molar-refractivity contribution in [2.24, 2.45) is 0 Å². The molecule has 1 aliphatic rings. The summed E-state index contributed by atoms with van der Waals surface area (Å²) in [4.78, 5) is 0. The number of ether oxygens (including phenoxy) is 3. The summed E-state index contributed by atoms with van der Waals surface area (Å²) in [5, 5.41) is 8.77. The van der Waals surface area contributed by atoms with Crippen LogP contribution in [0.4, 0.5) is 4.39 Å². The van der Waals surface area contributed by atoms with Gasteiger partial charge in [0.15, 0.2) is 11.5 Å². The van der Waals surface area contributed by atoms with E-state index in [2.05, 4.69) is 0 Å². The zero-order chi connectivity index (χ0) is 13.9. The highest BCUT2D eigenvalue weighted by Gasteiger charge is 2.14. The Morgan fingerprint density at radius 3 is 2.90 bits per heavy atom. The zero-order valence-electron chi connectivity index (χ0n) is 10.4. The topological polar surface area (TPSA) is 51.5 Å². The lowest BCUT2D eigenvalue weighted by Gasteiger charge is -2.08. The minimum absolute atomic E-state index is 0.0109. The molecular formula is C15H10FNO3. The van der Waals surface area contributed by atoms with Crippen molar-refractivity contribution in [1.82, 2.24) is 0 Å². The molecule has 4 nitrogen and oxygen atoms in total. The Morgan fingerprint density at radius 1 is 1.20 bits per heavy atom. The molecule has 0 amide bonds. The van der Waals surface area contributed by atoms with Crippen molar-refractivity contribution in [3.8, 4) is 23.3 Å². The SMILES string of the molecule is N#Cc1cccc(COc2ccc3c(c2)OCO3)c1F. The Bertz CT molecular complexity index is 694. The summed E-state index contributed by atoms with van der Waals surface area (Å²) in [6.07, 6.45) is 0. The summed E-state index contributed by atoms with van der Waals surface area (Å²) in [6, 6.07) is 11.6. The van der Waals surface area contributed by atoms with Crippen LogP contribution in [0.1, 0.15) is 11.1 Å². The van der Waals surface area contributed by atoms with Gasteiger partial charge in [0.25, 0.3) is 0 Å². The van der Waals surface area contributed by atoms with Crippen LogP contribution >= 0.6 is 0 Å². The van der Waals surface area contributed by atoms with E-state index in [-0.39, 0.29) is 19.0 Å². The second-order valence-electron chi connectivity index (χ2n) is 4.19. The summed E-state index contributed by atoms with van der Waals surface area (Å²) in [5.74, 6) is 1.27. The second kappa shape index (κ2) is 5.10. The standard InChI is InChI=1S/C15H10FNO3/c16-15-10(7-17)2-1-3-11(15)8-18-12-4-5-13-14(6-12)20-9-19-13/h1-6H,8-9H2. The van der Waals surface area contributed by atoms with Crippen LogP contribution in [0, 0.1) is 17.1 Å². The van der Waals surface area contributed by atoms with E-state index in [9.17, 15) is 4.39 Å². The molecule has 5 heteroatoms. The third-order valence-corrected chi connectivity index (χ3v) is 2.94. The van der Waals surface area contributed by atoms with E-state index < -0.39 is 5.82 Å². The molecule has 100 valence electrons. The number of nitrogens with zero attached hydrogens (tertiary/aromatic N) is 1.